The van der Waals surface area contributed by atoms with Crippen molar-refractivity contribution in [2.75, 3.05) is 14.1 Å². The third kappa shape index (κ3) is 7.70. The van der Waals surface area contributed by atoms with Crippen molar-refractivity contribution >= 4 is 15.9 Å². The number of carbonyl (C=O) groups is 1. The van der Waals surface area contributed by atoms with E-state index >= 15 is 0 Å². The van der Waals surface area contributed by atoms with Crippen molar-refractivity contribution in [3.63, 3.8) is 0 Å². The lowest BCUT2D eigenvalue weighted by molar-refractivity contribution is -0.137. The average Bonchev–Trinajstić information content (AvgIpc) is 2.83. The summed E-state index contributed by atoms with van der Waals surface area (Å²) in [5.41, 5.74) is 3.50. The van der Waals surface area contributed by atoms with Gasteiger partial charge in [0.2, 0.25) is 5.91 Å². The van der Waals surface area contributed by atoms with Crippen LogP contribution < -0.4 is 4.72 Å². The Labute approximate surface area is 229 Å². The molecule has 0 bridgehead atoms. The van der Waals surface area contributed by atoms with Crippen LogP contribution >= 0.6 is 0 Å². The number of benzene rings is 3. The van der Waals surface area contributed by atoms with E-state index in [0.29, 0.717) is 23.2 Å². The molecular weight excluding hydrogens is 525 g/mol. The van der Waals surface area contributed by atoms with Crippen molar-refractivity contribution in [1.82, 2.24) is 9.62 Å². The largest absolute Gasteiger partial charge is 0.416 e. The lowest BCUT2D eigenvalue weighted by atomic mass is 9.84. The zero-order valence-corrected chi connectivity index (χ0v) is 23.9. The summed E-state index contributed by atoms with van der Waals surface area (Å²) in [4.78, 5) is 15.0. The number of hydrogen-bond donors (Lipinski definition) is 1. The molecule has 0 radical (unpaired) electrons. The molecule has 0 unspecified atom stereocenters. The van der Waals surface area contributed by atoms with Crippen LogP contribution in [0.15, 0.2) is 65.6 Å². The number of nitrogens with one attached hydrogen (secondary N) is 1. The zero-order valence-electron chi connectivity index (χ0n) is 23.1. The van der Waals surface area contributed by atoms with Gasteiger partial charge in [0.1, 0.15) is 0 Å². The normalized spacial score (nSPS) is 12.4. The van der Waals surface area contributed by atoms with Crippen molar-refractivity contribution in [3.8, 4) is 11.1 Å². The summed E-state index contributed by atoms with van der Waals surface area (Å²) in [5.74, 6) is -0.795. The van der Waals surface area contributed by atoms with Gasteiger partial charge in [-0.25, -0.2) is 13.1 Å². The smallest absolute Gasteiger partial charge is 0.305 e. The summed E-state index contributed by atoms with van der Waals surface area (Å²) in [6, 6.07) is 15.1. The van der Waals surface area contributed by atoms with Crippen molar-refractivity contribution in [2.24, 2.45) is 0 Å². The van der Waals surface area contributed by atoms with E-state index in [1.807, 2.05) is 46.7 Å². The van der Waals surface area contributed by atoms with Gasteiger partial charge in [0.05, 0.1) is 16.9 Å². The van der Waals surface area contributed by atoms with Gasteiger partial charge in [-0.2, -0.15) is 13.2 Å². The fourth-order valence-electron chi connectivity index (χ4n) is 4.54. The van der Waals surface area contributed by atoms with Crippen LogP contribution in [-0.4, -0.2) is 33.3 Å². The summed E-state index contributed by atoms with van der Waals surface area (Å²) in [6.07, 6.45) is -4.64. The Balaban J connectivity index is 1.95. The molecule has 210 valence electrons. The van der Waals surface area contributed by atoms with E-state index < -0.39 is 27.7 Å². The van der Waals surface area contributed by atoms with E-state index in [1.54, 1.807) is 30.3 Å². The van der Waals surface area contributed by atoms with Gasteiger partial charge in [-0.3, -0.25) is 4.79 Å². The minimum absolute atomic E-state index is 0.00795. The molecule has 1 amide bonds. The second-order valence-corrected chi connectivity index (χ2v) is 12.3. The number of amides is 1. The maximum absolute atomic E-state index is 13.3. The van der Waals surface area contributed by atoms with Gasteiger partial charge in [-0.15, -0.1) is 0 Å². The van der Waals surface area contributed by atoms with E-state index in [2.05, 4.69) is 4.72 Å². The molecule has 0 spiro atoms. The van der Waals surface area contributed by atoms with Crippen molar-refractivity contribution in [3.05, 3.63) is 88.5 Å². The molecule has 0 saturated carbocycles. The maximum atomic E-state index is 13.3. The maximum Gasteiger partial charge on any atom is 0.416 e. The van der Waals surface area contributed by atoms with Gasteiger partial charge in [0.25, 0.3) is 10.0 Å². The molecule has 1 N–H and O–H groups in total. The van der Waals surface area contributed by atoms with Crippen LogP contribution in [0.25, 0.3) is 11.1 Å². The fraction of sp³-hybridized carbons (Fsp3) is 0.367. The molecule has 3 aromatic rings. The van der Waals surface area contributed by atoms with Gasteiger partial charge in [-0.05, 0) is 83.6 Å². The number of rotatable bonds is 9. The topological polar surface area (TPSA) is 66.5 Å². The van der Waals surface area contributed by atoms with Gasteiger partial charge in [-0.1, -0.05) is 64.1 Å². The third-order valence-electron chi connectivity index (χ3n) is 6.40. The Kier molecular flexibility index (Phi) is 9.28. The first-order valence-corrected chi connectivity index (χ1v) is 14.2. The van der Waals surface area contributed by atoms with Crippen molar-refractivity contribution in [2.45, 2.75) is 63.6 Å². The minimum atomic E-state index is -4.46. The number of sulfonamides is 1. The molecule has 9 heteroatoms. The zero-order chi connectivity index (χ0) is 29.1. The molecule has 0 aliphatic heterocycles. The number of halogens is 3. The first-order valence-electron chi connectivity index (χ1n) is 12.7. The number of carbonyl (C=O) groups excluding carboxylic acids is 1. The number of alkyl halides is 3. The molecule has 0 atom stereocenters. The van der Waals surface area contributed by atoms with E-state index in [-0.39, 0.29) is 23.2 Å². The highest BCUT2D eigenvalue weighted by Gasteiger charge is 2.30. The Bertz CT molecular complexity index is 1400. The second kappa shape index (κ2) is 11.9. The molecule has 0 aliphatic carbocycles. The molecular formula is C30H35F3N2O3S. The van der Waals surface area contributed by atoms with Crippen LogP contribution in [0.1, 0.15) is 67.3 Å². The van der Waals surface area contributed by atoms with E-state index in [9.17, 15) is 26.4 Å². The second-order valence-electron chi connectivity index (χ2n) is 10.6. The first-order chi connectivity index (χ1) is 18.1. The van der Waals surface area contributed by atoms with Gasteiger partial charge in [0, 0.05) is 6.54 Å². The molecule has 0 fully saturated rings. The SMILES string of the molecule is CC(C)c1cc(-c2cccc(C(F)(F)F)c2)cc(C(C)C)c1CC(=O)NS(=O)(=O)c1ccc(CN(C)C)cc1. The standard InChI is InChI=1S/C30H35F3N2O3S/c1-19(2)26-15-23(22-8-7-9-24(14-22)30(31,32)33)16-27(20(3)4)28(26)17-29(36)34-39(37,38)25-12-10-21(11-13-25)18-35(5)6/h7-16,19-20H,17-18H2,1-6H3,(H,34,36). The van der Waals surface area contributed by atoms with Crippen LogP contribution in [0, 0.1) is 0 Å². The highest BCUT2D eigenvalue weighted by molar-refractivity contribution is 7.90. The monoisotopic (exact) mass is 560 g/mol. The number of hydrogen-bond acceptors (Lipinski definition) is 4. The average molecular weight is 561 g/mol. The van der Waals surface area contributed by atoms with Crippen LogP contribution in [0.5, 0.6) is 0 Å². The first kappa shape index (κ1) is 30.4. The summed E-state index contributed by atoms with van der Waals surface area (Å²) in [6.45, 7) is 8.39. The molecule has 3 aromatic carbocycles. The van der Waals surface area contributed by atoms with E-state index in [0.717, 1.165) is 28.8 Å². The van der Waals surface area contributed by atoms with Crippen LogP contribution in [0.3, 0.4) is 0 Å². The molecule has 0 aliphatic rings. The Morgan fingerprint density at radius 2 is 1.44 bits per heavy atom. The van der Waals surface area contributed by atoms with Crippen molar-refractivity contribution in [1.29, 1.82) is 0 Å². The fourth-order valence-corrected chi connectivity index (χ4v) is 5.52. The van der Waals surface area contributed by atoms with E-state index in [1.165, 1.54) is 18.2 Å². The molecule has 0 aromatic heterocycles. The van der Waals surface area contributed by atoms with Gasteiger partial charge < -0.3 is 4.90 Å². The predicted octanol–water partition coefficient (Wildman–Crippen LogP) is 6.73. The minimum Gasteiger partial charge on any atom is -0.305 e. The molecule has 0 saturated heterocycles. The molecule has 3 rings (SSSR count). The lowest BCUT2D eigenvalue weighted by Crippen LogP contribution is -2.32. The Morgan fingerprint density at radius 1 is 0.872 bits per heavy atom. The van der Waals surface area contributed by atoms with Crippen LogP contribution in [0.2, 0.25) is 0 Å². The van der Waals surface area contributed by atoms with Crippen molar-refractivity contribution < 1.29 is 26.4 Å². The third-order valence-corrected chi connectivity index (χ3v) is 7.79. The van der Waals surface area contributed by atoms with E-state index in [4.69, 9.17) is 0 Å². The number of nitrogens with zero attached hydrogens (tertiary/aromatic N) is 1. The summed E-state index contributed by atoms with van der Waals surface area (Å²) in [5, 5.41) is 0. The molecule has 0 heterocycles. The highest BCUT2D eigenvalue weighted by Crippen LogP contribution is 2.36. The quantitative estimate of drug-likeness (QED) is 0.315. The summed E-state index contributed by atoms with van der Waals surface area (Å²) in [7, 11) is -0.259. The summed E-state index contributed by atoms with van der Waals surface area (Å²) >= 11 is 0. The Hall–Kier alpha value is -3.17. The summed E-state index contributed by atoms with van der Waals surface area (Å²) < 4.78 is 68.0. The van der Waals surface area contributed by atoms with Gasteiger partial charge >= 0.3 is 6.18 Å². The molecule has 5 nitrogen and oxygen atoms in total. The van der Waals surface area contributed by atoms with Crippen LogP contribution in [0.4, 0.5) is 13.2 Å². The highest BCUT2D eigenvalue weighted by atomic mass is 32.2. The van der Waals surface area contributed by atoms with Crippen LogP contribution in [-0.2, 0) is 34.0 Å². The predicted molar refractivity (Wildman–Crippen MR) is 148 cm³/mol. The van der Waals surface area contributed by atoms with Gasteiger partial charge in [0.15, 0.2) is 0 Å². The Morgan fingerprint density at radius 3 is 1.92 bits per heavy atom. The molecule has 39 heavy (non-hydrogen) atoms. The lowest BCUT2D eigenvalue weighted by Gasteiger charge is -2.22.